The van der Waals surface area contributed by atoms with Gasteiger partial charge in [-0.3, -0.25) is 0 Å². The Hall–Kier alpha value is -1.26. The van der Waals surface area contributed by atoms with Gasteiger partial charge in [-0.05, 0) is 25.1 Å². The molecule has 0 fully saturated rings. The fraction of sp³-hybridized carbons (Fsp3) is 0.308. The molecule has 2 aromatic rings. The van der Waals surface area contributed by atoms with Crippen LogP contribution in [0.15, 0.2) is 24.4 Å². The maximum Gasteiger partial charge on any atom is 0.0897 e. The van der Waals surface area contributed by atoms with Crippen molar-refractivity contribution in [1.29, 1.82) is 0 Å². The molecule has 0 amide bonds. The summed E-state index contributed by atoms with van der Waals surface area (Å²) in [6.45, 7) is 2.79. The standard InChI is InChI=1S/C13H16ClN3S/c1-9-15-7-11(18-9)8-16-10-4-5-13(17(2)3)12(14)6-10/h4-7,16H,8H2,1-3H3. The molecule has 3 nitrogen and oxygen atoms in total. The third kappa shape index (κ3) is 3.15. The molecule has 5 heteroatoms. The predicted octanol–water partition coefficient (Wildman–Crippen LogP) is 3.78. The summed E-state index contributed by atoms with van der Waals surface area (Å²) >= 11 is 7.92. The second kappa shape index (κ2) is 5.59. The maximum atomic E-state index is 6.22. The van der Waals surface area contributed by atoms with E-state index in [9.17, 15) is 0 Å². The van der Waals surface area contributed by atoms with Crippen LogP contribution in [0.5, 0.6) is 0 Å². The number of aromatic nitrogens is 1. The molecule has 2 rings (SSSR count). The van der Waals surface area contributed by atoms with E-state index >= 15 is 0 Å². The van der Waals surface area contributed by atoms with Crippen LogP contribution in [0.2, 0.25) is 5.02 Å². The van der Waals surface area contributed by atoms with Crippen molar-refractivity contribution in [3.05, 3.63) is 39.3 Å². The van der Waals surface area contributed by atoms with Crippen molar-refractivity contribution >= 4 is 34.3 Å². The summed E-state index contributed by atoms with van der Waals surface area (Å²) in [5, 5.41) is 5.19. The quantitative estimate of drug-likeness (QED) is 0.924. The number of aryl methyl sites for hydroxylation is 1. The number of nitrogens with one attached hydrogen (secondary N) is 1. The molecule has 18 heavy (non-hydrogen) atoms. The van der Waals surface area contributed by atoms with E-state index in [0.717, 1.165) is 27.9 Å². The van der Waals surface area contributed by atoms with E-state index in [4.69, 9.17) is 11.6 Å². The van der Waals surface area contributed by atoms with Crippen LogP contribution in [0.4, 0.5) is 11.4 Å². The van der Waals surface area contributed by atoms with E-state index in [1.807, 2.05) is 50.3 Å². The number of benzene rings is 1. The van der Waals surface area contributed by atoms with Crippen molar-refractivity contribution < 1.29 is 0 Å². The molecule has 1 N–H and O–H groups in total. The summed E-state index contributed by atoms with van der Waals surface area (Å²) in [6, 6.07) is 6.00. The number of nitrogens with zero attached hydrogens (tertiary/aromatic N) is 2. The molecule has 0 aliphatic rings. The molecule has 0 bridgehead atoms. The summed E-state index contributed by atoms with van der Waals surface area (Å²) in [6.07, 6.45) is 1.91. The molecule has 0 unspecified atom stereocenters. The van der Waals surface area contributed by atoms with Gasteiger partial charge in [0.2, 0.25) is 0 Å². The zero-order valence-electron chi connectivity index (χ0n) is 10.7. The Morgan fingerprint density at radius 1 is 1.39 bits per heavy atom. The van der Waals surface area contributed by atoms with Gasteiger partial charge in [0.05, 0.1) is 22.3 Å². The highest BCUT2D eigenvalue weighted by Crippen LogP contribution is 2.27. The molecule has 96 valence electrons. The summed E-state index contributed by atoms with van der Waals surface area (Å²) in [7, 11) is 3.96. The van der Waals surface area contributed by atoms with Gasteiger partial charge >= 0.3 is 0 Å². The molecular weight excluding hydrogens is 266 g/mol. The minimum Gasteiger partial charge on any atom is -0.380 e. The number of halogens is 1. The van der Waals surface area contributed by atoms with Crippen molar-refractivity contribution in [2.75, 3.05) is 24.3 Å². The van der Waals surface area contributed by atoms with E-state index in [0.29, 0.717) is 0 Å². The Morgan fingerprint density at radius 2 is 2.17 bits per heavy atom. The SMILES string of the molecule is Cc1ncc(CNc2ccc(N(C)C)c(Cl)c2)s1. The van der Waals surface area contributed by atoms with E-state index in [1.165, 1.54) is 4.88 Å². The summed E-state index contributed by atoms with van der Waals surface area (Å²) in [5.41, 5.74) is 2.05. The van der Waals surface area contributed by atoms with Gasteiger partial charge in [-0.2, -0.15) is 0 Å². The van der Waals surface area contributed by atoms with Crippen molar-refractivity contribution in [3.8, 4) is 0 Å². The summed E-state index contributed by atoms with van der Waals surface area (Å²) in [5.74, 6) is 0. The molecule has 0 atom stereocenters. The lowest BCUT2D eigenvalue weighted by Gasteiger charge is -2.15. The molecule has 0 saturated carbocycles. The van der Waals surface area contributed by atoms with Gasteiger partial charge in [-0.15, -0.1) is 11.3 Å². The first kappa shape index (κ1) is 13.2. The molecule has 1 aromatic carbocycles. The Labute approximate surface area is 116 Å². The second-order valence-corrected chi connectivity index (χ2v) is 5.99. The van der Waals surface area contributed by atoms with Gasteiger partial charge in [0.15, 0.2) is 0 Å². The van der Waals surface area contributed by atoms with Crippen molar-refractivity contribution in [2.24, 2.45) is 0 Å². The average Bonchev–Trinajstić information content (AvgIpc) is 2.72. The lowest BCUT2D eigenvalue weighted by molar-refractivity contribution is 1.13. The minimum atomic E-state index is 0.755. The number of anilines is 2. The van der Waals surface area contributed by atoms with Crippen LogP contribution < -0.4 is 10.2 Å². The largest absolute Gasteiger partial charge is 0.380 e. The highest BCUT2D eigenvalue weighted by Gasteiger charge is 2.04. The van der Waals surface area contributed by atoms with E-state index in [-0.39, 0.29) is 0 Å². The molecule has 0 spiro atoms. The van der Waals surface area contributed by atoms with Gasteiger partial charge in [-0.25, -0.2) is 4.98 Å². The normalized spacial score (nSPS) is 10.4. The molecule has 1 aromatic heterocycles. The maximum absolute atomic E-state index is 6.22. The van der Waals surface area contributed by atoms with Gasteiger partial charge in [-0.1, -0.05) is 11.6 Å². The topological polar surface area (TPSA) is 28.2 Å². The van der Waals surface area contributed by atoms with Crippen LogP contribution in [0.25, 0.3) is 0 Å². The van der Waals surface area contributed by atoms with Crippen LogP contribution in [-0.4, -0.2) is 19.1 Å². The van der Waals surface area contributed by atoms with Crippen LogP contribution in [0, 0.1) is 6.92 Å². The molecular formula is C13H16ClN3S. The van der Waals surface area contributed by atoms with E-state index < -0.39 is 0 Å². The smallest absolute Gasteiger partial charge is 0.0897 e. The zero-order valence-corrected chi connectivity index (χ0v) is 12.3. The van der Waals surface area contributed by atoms with Gasteiger partial charge in [0.25, 0.3) is 0 Å². The van der Waals surface area contributed by atoms with Crippen molar-refractivity contribution in [2.45, 2.75) is 13.5 Å². The summed E-state index contributed by atoms with van der Waals surface area (Å²) < 4.78 is 0. The van der Waals surface area contributed by atoms with Crippen LogP contribution >= 0.6 is 22.9 Å². The van der Waals surface area contributed by atoms with Gasteiger partial charge in [0, 0.05) is 30.9 Å². The van der Waals surface area contributed by atoms with Gasteiger partial charge < -0.3 is 10.2 Å². The Balaban J connectivity index is 2.04. The van der Waals surface area contributed by atoms with Gasteiger partial charge in [0.1, 0.15) is 0 Å². The Bertz CT molecular complexity index is 537. The van der Waals surface area contributed by atoms with Crippen LogP contribution in [0.3, 0.4) is 0 Å². The van der Waals surface area contributed by atoms with Crippen LogP contribution in [-0.2, 0) is 6.54 Å². The second-order valence-electron chi connectivity index (χ2n) is 4.26. The third-order valence-electron chi connectivity index (χ3n) is 2.57. The molecule has 0 radical (unpaired) electrons. The molecule has 0 saturated heterocycles. The van der Waals surface area contributed by atoms with E-state index in [2.05, 4.69) is 10.3 Å². The zero-order chi connectivity index (χ0) is 13.1. The van der Waals surface area contributed by atoms with Crippen molar-refractivity contribution in [3.63, 3.8) is 0 Å². The summed E-state index contributed by atoms with van der Waals surface area (Å²) in [4.78, 5) is 7.45. The third-order valence-corrected chi connectivity index (χ3v) is 3.78. The highest BCUT2D eigenvalue weighted by atomic mass is 35.5. The fourth-order valence-electron chi connectivity index (χ4n) is 1.66. The average molecular weight is 282 g/mol. The Morgan fingerprint density at radius 3 is 2.72 bits per heavy atom. The lowest BCUT2D eigenvalue weighted by atomic mass is 10.2. The molecule has 0 aliphatic heterocycles. The van der Waals surface area contributed by atoms with E-state index in [1.54, 1.807) is 11.3 Å². The van der Waals surface area contributed by atoms with Crippen LogP contribution in [0.1, 0.15) is 9.88 Å². The fourth-order valence-corrected chi connectivity index (χ4v) is 2.74. The monoisotopic (exact) mass is 281 g/mol. The number of thiazole rings is 1. The first-order valence-electron chi connectivity index (χ1n) is 5.68. The number of hydrogen-bond acceptors (Lipinski definition) is 4. The molecule has 0 aliphatic carbocycles. The Kier molecular flexibility index (Phi) is 4.09. The number of hydrogen-bond donors (Lipinski definition) is 1. The lowest BCUT2D eigenvalue weighted by Crippen LogP contribution is -2.09. The molecule has 1 heterocycles. The first-order chi connectivity index (χ1) is 8.56. The first-order valence-corrected chi connectivity index (χ1v) is 6.88. The van der Waals surface area contributed by atoms with Crippen molar-refractivity contribution in [1.82, 2.24) is 4.98 Å². The minimum absolute atomic E-state index is 0.755. The predicted molar refractivity (Wildman–Crippen MR) is 80.0 cm³/mol. The highest BCUT2D eigenvalue weighted by molar-refractivity contribution is 7.11. The number of rotatable bonds is 4.